The van der Waals surface area contributed by atoms with Crippen molar-refractivity contribution in [2.75, 3.05) is 0 Å². The van der Waals surface area contributed by atoms with E-state index in [1.807, 2.05) is 6.20 Å². The minimum Gasteiger partial charge on any atom is -0.383 e. The predicted octanol–water partition coefficient (Wildman–Crippen LogP) is 5.10. The molecular formula is C21H30N2. The van der Waals surface area contributed by atoms with E-state index in [0.717, 1.165) is 12.8 Å². The number of nitrogens with one attached hydrogen (secondary N) is 2. The van der Waals surface area contributed by atoms with Crippen LogP contribution in [0.25, 0.3) is 5.70 Å². The molecule has 124 valence electrons. The largest absolute Gasteiger partial charge is 0.383 e. The van der Waals surface area contributed by atoms with E-state index in [1.54, 1.807) is 0 Å². The molecule has 0 radical (unpaired) electrons. The van der Waals surface area contributed by atoms with Gasteiger partial charge in [0.15, 0.2) is 0 Å². The van der Waals surface area contributed by atoms with E-state index in [4.69, 9.17) is 0 Å². The Morgan fingerprint density at radius 3 is 2.57 bits per heavy atom. The maximum atomic E-state index is 3.58. The number of H-pyrrole nitrogens is 1. The Hall–Kier alpha value is -1.96. The first-order valence-electron chi connectivity index (χ1n) is 8.69. The summed E-state index contributed by atoms with van der Waals surface area (Å²) in [6.07, 6.45) is 8.57. The van der Waals surface area contributed by atoms with Crippen molar-refractivity contribution < 1.29 is 0 Å². The molecule has 2 nitrogen and oxygen atoms in total. The highest BCUT2D eigenvalue weighted by atomic mass is 14.9. The average Bonchev–Trinajstić information content (AvgIpc) is 3.02. The van der Waals surface area contributed by atoms with Crippen molar-refractivity contribution in [1.82, 2.24) is 10.3 Å². The number of aromatic nitrogens is 1. The lowest BCUT2D eigenvalue weighted by molar-refractivity contribution is 0.687. The summed E-state index contributed by atoms with van der Waals surface area (Å²) < 4.78 is 0. The van der Waals surface area contributed by atoms with E-state index in [9.17, 15) is 0 Å². The van der Waals surface area contributed by atoms with Crippen molar-refractivity contribution in [2.24, 2.45) is 5.92 Å². The van der Waals surface area contributed by atoms with Crippen LogP contribution < -0.4 is 5.32 Å². The zero-order chi connectivity index (χ0) is 16.8. The molecule has 1 unspecified atom stereocenters. The minimum atomic E-state index is 0.425. The molecule has 0 aliphatic rings. The standard InChI is InChI=1S/C21H30N2/c1-6-18-11-16(4)7-8-19(18)12-17(5)13-21(23-15(2)3)20-9-10-22-14-20/h7-11,13-15,17,22-23H,6,12H2,1-5H3/b21-13+. The minimum absolute atomic E-state index is 0.425. The number of aryl methyl sites for hydroxylation is 2. The topological polar surface area (TPSA) is 27.8 Å². The summed E-state index contributed by atoms with van der Waals surface area (Å²) in [4.78, 5) is 3.15. The van der Waals surface area contributed by atoms with Crippen molar-refractivity contribution >= 4 is 5.70 Å². The highest BCUT2D eigenvalue weighted by Crippen LogP contribution is 2.20. The van der Waals surface area contributed by atoms with Crippen LogP contribution in [0.1, 0.15) is 49.9 Å². The van der Waals surface area contributed by atoms with Gasteiger partial charge in [-0.1, -0.05) is 43.7 Å². The Morgan fingerprint density at radius 1 is 1.17 bits per heavy atom. The van der Waals surface area contributed by atoms with E-state index >= 15 is 0 Å². The molecule has 1 heterocycles. The first-order chi connectivity index (χ1) is 11.0. The summed E-state index contributed by atoms with van der Waals surface area (Å²) in [5.74, 6) is 0.485. The van der Waals surface area contributed by atoms with Gasteiger partial charge in [-0.15, -0.1) is 0 Å². The molecule has 23 heavy (non-hydrogen) atoms. The summed E-state index contributed by atoms with van der Waals surface area (Å²) >= 11 is 0. The van der Waals surface area contributed by atoms with E-state index < -0.39 is 0 Å². The van der Waals surface area contributed by atoms with Crippen LogP contribution in [-0.2, 0) is 12.8 Å². The Labute approximate surface area is 141 Å². The molecule has 1 aromatic carbocycles. The molecule has 2 heteroatoms. The fourth-order valence-corrected chi connectivity index (χ4v) is 3.00. The van der Waals surface area contributed by atoms with Crippen molar-refractivity contribution in [2.45, 2.75) is 53.5 Å². The lowest BCUT2D eigenvalue weighted by Crippen LogP contribution is -2.21. The van der Waals surface area contributed by atoms with Crippen LogP contribution in [0.4, 0.5) is 0 Å². The second-order valence-corrected chi connectivity index (χ2v) is 6.79. The molecule has 0 amide bonds. The smallest absolute Gasteiger partial charge is 0.0393 e. The third-order valence-corrected chi connectivity index (χ3v) is 4.09. The number of rotatable bonds is 7. The lowest BCUT2D eigenvalue weighted by Gasteiger charge is -2.17. The molecule has 0 aliphatic heterocycles. The maximum absolute atomic E-state index is 3.58. The predicted molar refractivity (Wildman–Crippen MR) is 100 cm³/mol. The highest BCUT2D eigenvalue weighted by molar-refractivity contribution is 5.63. The Morgan fingerprint density at radius 2 is 1.96 bits per heavy atom. The van der Waals surface area contributed by atoms with Gasteiger partial charge in [0.05, 0.1) is 0 Å². The van der Waals surface area contributed by atoms with Gasteiger partial charge in [0.25, 0.3) is 0 Å². The zero-order valence-electron chi connectivity index (χ0n) is 15.1. The Bertz CT molecular complexity index is 636. The van der Waals surface area contributed by atoms with Gasteiger partial charge in [-0.05, 0) is 56.7 Å². The zero-order valence-corrected chi connectivity index (χ0v) is 15.1. The number of hydrogen-bond donors (Lipinski definition) is 2. The molecule has 0 saturated heterocycles. The van der Waals surface area contributed by atoms with Crippen LogP contribution in [-0.4, -0.2) is 11.0 Å². The van der Waals surface area contributed by atoms with E-state index in [2.05, 4.69) is 81.5 Å². The second kappa shape index (κ2) is 8.05. The van der Waals surface area contributed by atoms with Gasteiger partial charge < -0.3 is 10.3 Å². The van der Waals surface area contributed by atoms with Crippen molar-refractivity contribution in [3.8, 4) is 0 Å². The van der Waals surface area contributed by atoms with Gasteiger partial charge in [-0.2, -0.15) is 0 Å². The average molecular weight is 310 g/mol. The van der Waals surface area contributed by atoms with Gasteiger partial charge in [-0.3, -0.25) is 0 Å². The molecule has 2 rings (SSSR count). The van der Waals surface area contributed by atoms with Crippen LogP contribution in [0.2, 0.25) is 0 Å². The van der Waals surface area contributed by atoms with Crippen LogP contribution in [0.15, 0.2) is 42.7 Å². The molecule has 2 aromatic rings. The normalized spacial score (nSPS) is 13.4. The lowest BCUT2D eigenvalue weighted by atomic mass is 9.93. The molecule has 2 N–H and O–H groups in total. The molecule has 0 aliphatic carbocycles. The highest BCUT2D eigenvalue weighted by Gasteiger charge is 2.09. The summed E-state index contributed by atoms with van der Waals surface area (Å²) in [6.45, 7) is 11.1. The van der Waals surface area contributed by atoms with Gasteiger partial charge >= 0.3 is 0 Å². The van der Waals surface area contributed by atoms with Gasteiger partial charge in [0.1, 0.15) is 0 Å². The monoisotopic (exact) mass is 310 g/mol. The molecule has 0 bridgehead atoms. The third-order valence-electron chi connectivity index (χ3n) is 4.09. The fourth-order valence-electron chi connectivity index (χ4n) is 3.00. The van der Waals surface area contributed by atoms with E-state index in [-0.39, 0.29) is 0 Å². The van der Waals surface area contributed by atoms with Crippen LogP contribution >= 0.6 is 0 Å². The van der Waals surface area contributed by atoms with Gasteiger partial charge in [0.2, 0.25) is 0 Å². The van der Waals surface area contributed by atoms with Crippen LogP contribution in [0.5, 0.6) is 0 Å². The number of allylic oxidation sites excluding steroid dienone is 1. The number of benzene rings is 1. The van der Waals surface area contributed by atoms with Crippen molar-refractivity contribution in [1.29, 1.82) is 0 Å². The van der Waals surface area contributed by atoms with Gasteiger partial charge in [-0.25, -0.2) is 0 Å². The summed E-state index contributed by atoms with van der Waals surface area (Å²) in [7, 11) is 0. The Balaban J connectivity index is 2.19. The first-order valence-corrected chi connectivity index (χ1v) is 8.69. The van der Waals surface area contributed by atoms with Gasteiger partial charge in [0, 0.05) is 29.7 Å². The maximum Gasteiger partial charge on any atom is 0.0393 e. The first kappa shape index (κ1) is 17.4. The third kappa shape index (κ3) is 5.02. The van der Waals surface area contributed by atoms with E-state index in [1.165, 1.54) is 28.0 Å². The number of hydrogen-bond acceptors (Lipinski definition) is 1. The summed E-state index contributed by atoms with van der Waals surface area (Å²) in [5, 5.41) is 3.58. The molecule has 1 aromatic heterocycles. The van der Waals surface area contributed by atoms with Crippen molar-refractivity contribution in [3.63, 3.8) is 0 Å². The Kier molecular flexibility index (Phi) is 6.09. The molecule has 0 spiro atoms. The van der Waals surface area contributed by atoms with Crippen LogP contribution in [0.3, 0.4) is 0 Å². The SMILES string of the molecule is CCc1cc(C)ccc1CC(C)/C=C(/NC(C)C)c1cc[nH]c1. The number of aromatic amines is 1. The molecular weight excluding hydrogens is 280 g/mol. The molecule has 0 fully saturated rings. The quantitative estimate of drug-likeness (QED) is 0.731. The molecule has 0 saturated carbocycles. The summed E-state index contributed by atoms with van der Waals surface area (Å²) in [5.41, 5.74) is 6.75. The molecule has 1 atom stereocenters. The van der Waals surface area contributed by atoms with E-state index in [0.29, 0.717) is 12.0 Å². The summed E-state index contributed by atoms with van der Waals surface area (Å²) in [6, 6.07) is 9.39. The van der Waals surface area contributed by atoms with Crippen LogP contribution in [0, 0.1) is 12.8 Å². The van der Waals surface area contributed by atoms with Crippen molar-refractivity contribution in [3.05, 3.63) is 65.0 Å². The second-order valence-electron chi connectivity index (χ2n) is 6.79. The fraction of sp³-hybridized carbons (Fsp3) is 0.429.